The Hall–Kier alpha value is -2.96. The van der Waals surface area contributed by atoms with Crippen molar-refractivity contribution in [3.8, 4) is 11.6 Å². The Morgan fingerprint density at radius 2 is 1.93 bits per heavy atom. The molecule has 1 atom stereocenters. The first-order valence-electron chi connectivity index (χ1n) is 9.47. The normalized spacial score (nSPS) is 15.1. The molecule has 0 radical (unpaired) electrons. The van der Waals surface area contributed by atoms with Gasteiger partial charge in [-0.3, -0.25) is 9.59 Å². The fraction of sp³-hybridized carbons (Fsp3) is 0.381. The van der Waals surface area contributed by atoms with Crippen LogP contribution in [0.2, 0.25) is 0 Å². The summed E-state index contributed by atoms with van der Waals surface area (Å²) in [7, 11) is 0. The number of halogens is 1. The van der Waals surface area contributed by atoms with E-state index in [-0.39, 0.29) is 30.1 Å². The van der Waals surface area contributed by atoms with Gasteiger partial charge in [0.05, 0.1) is 0 Å². The molecule has 0 spiro atoms. The topological polar surface area (TPSA) is 80.3 Å². The predicted octanol–water partition coefficient (Wildman–Crippen LogP) is 3.32. The molecule has 2 N–H and O–H groups in total. The molecule has 1 unspecified atom stereocenters. The zero-order chi connectivity index (χ0) is 19.9. The molecule has 1 aromatic carbocycles. The number of amides is 2. The molecule has 0 aliphatic heterocycles. The van der Waals surface area contributed by atoms with E-state index >= 15 is 0 Å². The molecular weight excluding hydrogens is 361 g/mol. The van der Waals surface area contributed by atoms with Crippen molar-refractivity contribution >= 4 is 11.8 Å². The molecule has 1 aromatic heterocycles. The summed E-state index contributed by atoms with van der Waals surface area (Å²) >= 11 is 0. The molecule has 2 amide bonds. The molecule has 0 saturated heterocycles. The average Bonchev–Trinajstić information content (AvgIpc) is 3.23. The molecule has 1 heterocycles. The fourth-order valence-corrected chi connectivity index (χ4v) is 3.17. The maximum absolute atomic E-state index is 13.0. The van der Waals surface area contributed by atoms with E-state index in [2.05, 4.69) is 15.6 Å². The molecule has 2 aromatic rings. The molecule has 7 heteroatoms. The summed E-state index contributed by atoms with van der Waals surface area (Å²) in [5.41, 5.74) is 0.801. The molecule has 1 saturated carbocycles. The third kappa shape index (κ3) is 5.52. The predicted molar refractivity (Wildman–Crippen MR) is 102 cm³/mol. The van der Waals surface area contributed by atoms with Gasteiger partial charge in [-0.05, 0) is 55.7 Å². The van der Waals surface area contributed by atoms with Gasteiger partial charge in [0.1, 0.15) is 17.6 Å². The van der Waals surface area contributed by atoms with Crippen LogP contribution >= 0.6 is 0 Å². The number of pyridine rings is 1. The van der Waals surface area contributed by atoms with Gasteiger partial charge in [-0.15, -0.1) is 0 Å². The Labute approximate surface area is 163 Å². The lowest BCUT2D eigenvalue weighted by atomic mass is 10.1. The van der Waals surface area contributed by atoms with Crippen LogP contribution in [0.3, 0.4) is 0 Å². The van der Waals surface area contributed by atoms with Gasteiger partial charge in [0.15, 0.2) is 0 Å². The van der Waals surface area contributed by atoms with Crippen molar-refractivity contribution in [2.75, 3.05) is 0 Å². The first-order valence-corrected chi connectivity index (χ1v) is 9.47. The van der Waals surface area contributed by atoms with Crippen LogP contribution in [0, 0.1) is 11.7 Å². The minimum Gasteiger partial charge on any atom is -0.439 e. The highest BCUT2D eigenvalue weighted by molar-refractivity contribution is 5.88. The highest BCUT2D eigenvalue weighted by Crippen LogP contribution is 2.24. The summed E-state index contributed by atoms with van der Waals surface area (Å²) < 4.78 is 18.6. The lowest BCUT2D eigenvalue weighted by molar-refractivity contribution is -0.130. The molecule has 1 aliphatic rings. The smallest absolute Gasteiger partial charge is 0.242 e. The quantitative estimate of drug-likeness (QED) is 0.766. The maximum Gasteiger partial charge on any atom is 0.242 e. The van der Waals surface area contributed by atoms with Crippen LogP contribution in [0.25, 0.3) is 0 Å². The second-order valence-electron chi connectivity index (χ2n) is 6.99. The summed E-state index contributed by atoms with van der Waals surface area (Å²) in [5.74, 6) is 0.218. The second-order valence-corrected chi connectivity index (χ2v) is 6.99. The van der Waals surface area contributed by atoms with Gasteiger partial charge in [0, 0.05) is 24.7 Å². The third-order valence-electron chi connectivity index (χ3n) is 4.78. The molecule has 1 fully saturated rings. The number of carbonyl (C=O) groups excluding carboxylic acids is 2. The Bertz CT molecular complexity index is 820. The zero-order valence-corrected chi connectivity index (χ0v) is 15.8. The maximum atomic E-state index is 13.0. The largest absolute Gasteiger partial charge is 0.439 e. The van der Waals surface area contributed by atoms with Gasteiger partial charge in [-0.2, -0.15) is 0 Å². The van der Waals surface area contributed by atoms with Gasteiger partial charge in [-0.1, -0.05) is 12.8 Å². The van der Waals surface area contributed by atoms with E-state index in [0.717, 1.165) is 31.2 Å². The van der Waals surface area contributed by atoms with Crippen molar-refractivity contribution in [2.45, 2.75) is 45.2 Å². The Balaban J connectivity index is 1.50. The highest BCUT2D eigenvalue weighted by atomic mass is 19.1. The second kappa shape index (κ2) is 9.30. The van der Waals surface area contributed by atoms with Crippen molar-refractivity contribution in [3.63, 3.8) is 0 Å². The Morgan fingerprint density at radius 3 is 2.64 bits per heavy atom. The summed E-state index contributed by atoms with van der Waals surface area (Å²) in [6.45, 7) is 1.96. The standard InChI is InChI=1S/C21H24FN3O3/c1-14(25-21(27)16-4-2-3-5-16)20(26)24-13-15-10-11-23-19(12-15)28-18-8-6-17(22)7-9-18/h6-12,14,16H,2-5,13H2,1H3,(H,24,26)(H,25,27). The average molecular weight is 385 g/mol. The number of ether oxygens (including phenoxy) is 1. The minimum absolute atomic E-state index is 0.0293. The minimum atomic E-state index is -0.593. The van der Waals surface area contributed by atoms with Crippen molar-refractivity contribution in [1.29, 1.82) is 0 Å². The summed E-state index contributed by atoms with van der Waals surface area (Å²) in [5, 5.41) is 5.59. The number of benzene rings is 1. The zero-order valence-electron chi connectivity index (χ0n) is 15.8. The lowest BCUT2D eigenvalue weighted by Gasteiger charge is -2.17. The number of aromatic nitrogens is 1. The number of hydrogen-bond acceptors (Lipinski definition) is 4. The van der Waals surface area contributed by atoms with E-state index in [4.69, 9.17) is 4.74 Å². The van der Waals surface area contributed by atoms with Crippen LogP contribution in [0.4, 0.5) is 4.39 Å². The van der Waals surface area contributed by atoms with Crippen LogP contribution in [0.1, 0.15) is 38.2 Å². The molecule has 1 aliphatic carbocycles. The number of rotatable bonds is 7. The first kappa shape index (κ1) is 19.8. The highest BCUT2D eigenvalue weighted by Gasteiger charge is 2.25. The number of nitrogens with zero attached hydrogens (tertiary/aromatic N) is 1. The van der Waals surface area contributed by atoms with Gasteiger partial charge < -0.3 is 15.4 Å². The van der Waals surface area contributed by atoms with Crippen LogP contribution in [0.5, 0.6) is 11.6 Å². The third-order valence-corrected chi connectivity index (χ3v) is 4.78. The van der Waals surface area contributed by atoms with Crippen LogP contribution in [-0.2, 0) is 16.1 Å². The van der Waals surface area contributed by atoms with Crippen molar-refractivity contribution in [3.05, 3.63) is 54.0 Å². The van der Waals surface area contributed by atoms with Crippen molar-refractivity contribution in [1.82, 2.24) is 15.6 Å². The van der Waals surface area contributed by atoms with Crippen molar-refractivity contribution in [2.24, 2.45) is 5.92 Å². The van der Waals surface area contributed by atoms with Crippen LogP contribution in [-0.4, -0.2) is 22.8 Å². The lowest BCUT2D eigenvalue weighted by Crippen LogP contribution is -2.46. The van der Waals surface area contributed by atoms with E-state index in [0.29, 0.717) is 11.6 Å². The summed E-state index contributed by atoms with van der Waals surface area (Å²) in [6, 6.07) is 8.51. The number of nitrogens with one attached hydrogen (secondary N) is 2. The molecule has 3 rings (SSSR count). The molecule has 28 heavy (non-hydrogen) atoms. The van der Waals surface area contributed by atoms with Crippen molar-refractivity contribution < 1.29 is 18.7 Å². The number of hydrogen-bond donors (Lipinski definition) is 2. The Morgan fingerprint density at radius 1 is 1.21 bits per heavy atom. The monoisotopic (exact) mass is 385 g/mol. The van der Waals surface area contributed by atoms with Gasteiger partial charge >= 0.3 is 0 Å². The Kier molecular flexibility index (Phi) is 6.57. The van der Waals surface area contributed by atoms with Gasteiger partial charge in [0.25, 0.3) is 0 Å². The van der Waals surface area contributed by atoms with Crippen LogP contribution < -0.4 is 15.4 Å². The number of carbonyl (C=O) groups is 2. The van der Waals surface area contributed by atoms with E-state index in [1.807, 2.05) is 0 Å². The van der Waals surface area contributed by atoms with Crippen LogP contribution in [0.15, 0.2) is 42.6 Å². The fourth-order valence-electron chi connectivity index (χ4n) is 3.17. The summed E-state index contributed by atoms with van der Waals surface area (Å²) in [6.07, 6.45) is 5.51. The summed E-state index contributed by atoms with van der Waals surface area (Å²) in [4.78, 5) is 28.5. The van der Waals surface area contributed by atoms with E-state index in [1.54, 1.807) is 25.3 Å². The van der Waals surface area contributed by atoms with E-state index < -0.39 is 6.04 Å². The SMILES string of the molecule is CC(NC(=O)C1CCCC1)C(=O)NCc1ccnc(Oc2ccc(F)cc2)c1. The molecule has 6 nitrogen and oxygen atoms in total. The van der Waals surface area contributed by atoms with Gasteiger partial charge in [-0.25, -0.2) is 9.37 Å². The van der Waals surface area contributed by atoms with E-state index in [9.17, 15) is 14.0 Å². The van der Waals surface area contributed by atoms with Gasteiger partial charge in [0.2, 0.25) is 17.7 Å². The molecule has 0 bridgehead atoms. The molecular formula is C21H24FN3O3. The van der Waals surface area contributed by atoms with E-state index in [1.165, 1.54) is 24.3 Å². The first-order chi connectivity index (χ1) is 13.5. The molecule has 148 valence electrons.